The average Bonchev–Trinajstić information content (AvgIpc) is 2.47. The number of nitrogens with zero attached hydrogens (tertiary/aromatic N) is 2. The molecule has 110 valence electrons. The zero-order valence-corrected chi connectivity index (χ0v) is 12.3. The molecule has 1 aromatic carbocycles. The van der Waals surface area contributed by atoms with Crippen LogP contribution in [0.2, 0.25) is 0 Å². The van der Waals surface area contributed by atoms with Crippen LogP contribution in [0.25, 0.3) is 0 Å². The predicted molar refractivity (Wildman–Crippen MR) is 80.1 cm³/mol. The average molecular weight is 276 g/mol. The van der Waals surface area contributed by atoms with Crippen molar-refractivity contribution in [2.75, 3.05) is 26.2 Å². The molecule has 1 fully saturated rings. The Bertz CT molecular complexity index is 463. The molecule has 3 N–H and O–H groups in total. The molecular weight excluding hydrogens is 252 g/mol. The zero-order chi connectivity index (χ0) is 14.5. The summed E-state index contributed by atoms with van der Waals surface area (Å²) in [5.74, 6) is 5.02. The Morgan fingerprint density at radius 3 is 2.80 bits per heavy atom. The number of likely N-dealkylation sites (N-methyl/N-ethyl adjacent to an activating group) is 1. The molecular formula is C15H24N4O. The molecule has 1 aromatic rings. The van der Waals surface area contributed by atoms with Crippen LogP contribution in [0.5, 0.6) is 0 Å². The lowest BCUT2D eigenvalue weighted by Gasteiger charge is -2.39. The van der Waals surface area contributed by atoms with Gasteiger partial charge in [0, 0.05) is 37.8 Å². The smallest absolute Gasteiger partial charge is 0.265 e. The molecule has 1 atom stereocenters. The van der Waals surface area contributed by atoms with Crippen molar-refractivity contribution in [1.29, 1.82) is 0 Å². The molecule has 5 heteroatoms. The number of carbonyl (C=O) groups excluding carboxylic acids is 1. The third-order valence-electron chi connectivity index (χ3n) is 4.04. The second kappa shape index (κ2) is 6.83. The zero-order valence-electron chi connectivity index (χ0n) is 12.3. The van der Waals surface area contributed by atoms with E-state index in [0.717, 1.165) is 38.3 Å². The Labute approximate surface area is 120 Å². The lowest BCUT2D eigenvalue weighted by Crippen LogP contribution is -2.51. The van der Waals surface area contributed by atoms with E-state index in [1.165, 1.54) is 0 Å². The lowest BCUT2D eigenvalue weighted by atomic mass is 10.1. The SMILES string of the molecule is CCN1CCN(Cc2ccccc2C(=O)NN)CC1C. The van der Waals surface area contributed by atoms with Gasteiger partial charge in [0.05, 0.1) is 0 Å². The summed E-state index contributed by atoms with van der Waals surface area (Å²) < 4.78 is 0. The molecule has 1 unspecified atom stereocenters. The van der Waals surface area contributed by atoms with Crippen molar-refractivity contribution in [1.82, 2.24) is 15.2 Å². The first-order valence-corrected chi connectivity index (χ1v) is 7.21. The molecule has 0 bridgehead atoms. The van der Waals surface area contributed by atoms with Crippen molar-refractivity contribution >= 4 is 5.91 Å². The van der Waals surface area contributed by atoms with Crippen LogP contribution in [0.3, 0.4) is 0 Å². The summed E-state index contributed by atoms with van der Waals surface area (Å²) in [5.41, 5.74) is 3.92. The Hall–Kier alpha value is -1.43. The third kappa shape index (κ3) is 3.36. The van der Waals surface area contributed by atoms with Crippen molar-refractivity contribution in [3.05, 3.63) is 35.4 Å². The fraction of sp³-hybridized carbons (Fsp3) is 0.533. The van der Waals surface area contributed by atoms with Crippen LogP contribution in [0, 0.1) is 0 Å². The maximum atomic E-state index is 11.8. The number of amides is 1. The molecule has 1 aliphatic rings. The van der Waals surface area contributed by atoms with E-state index < -0.39 is 0 Å². The number of rotatable bonds is 4. The summed E-state index contributed by atoms with van der Waals surface area (Å²) in [5, 5.41) is 0. The molecule has 1 aliphatic heterocycles. The maximum absolute atomic E-state index is 11.8. The largest absolute Gasteiger partial charge is 0.298 e. The highest BCUT2D eigenvalue weighted by Gasteiger charge is 2.23. The molecule has 20 heavy (non-hydrogen) atoms. The molecule has 1 amide bonds. The van der Waals surface area contributed by atoms with Gasteiger partial charge >= 0.3 is 0 Å². The summed E-state index contributed by atoms with van der Waals surface area (Å²) in [6, 6.07) is 8.22. The number of hydrogen-bond donors (Lipinski definition) is 2. The van der Waals surface area contributed by atoms with Crippen LogP contribution in [-0.4, -0.2) is 47.9 Å². The van der Waals surface area contributed by atoms with Crippen molar-refractivity contribution in [2.24, 2.45) is 5.84 Å². The van der Waals surface area contributed by atoms with Gasteiger partial charge in [-0.1, -0.05) is 25.1 Å². The van der Waals surface area contributed by atoms with Gasteiger partial charge in [0.1, 0.15) is 0 Å². The van der Waals surface area contributed by atoms with Crippen LogP contribution in [0.15, 0.2) is 24.3 Å². The number of benzene rings is 1. The molecule has 0 aliphatic carbocycles. The van der Waals surface area contributed by atoms with Crippen LogP contribution in [-0.2, 0) is 6.54 Å². The summed E-state index contributed by atoms with van der Waals surface area (Å²) in [6.45, 7) is 9.51. The number of piperazine rings is 1. The van der Waals surface area contributed by atoms with E-state index in [1.54, 1.807) is 0 Å². The molecule has 2 rings (SSSR count). The number of nitrogens with one attached hydrogen (secondary N) is 1. The van der Waals surface area contributed by atoms with Gasteiger partial charge in [-0.2, -0.15) is 0 Å². The predicted octanol–water partition coefficient (Wildman–Crippen LogP) is 0.816. The fourth-order valence-corrected chi connectivity index (χ4v) is 2.88. The maximum Gasteiger partial charge on any atom is 0.265 e. The molecule has 0 spiro atoms. The van der Waals surface area contributed by atoms with Crippen LogP contribution < -0.4 is 11.3 Å². The number of hydrazine groups is 1. The highest BCUT2D eigenvalue weighted by atomic mass is 16.2. The highest BCUT2D eigenvalue weighted by molar-refractivity contribution is 5.95. The van der Waals surface area contributed by atoms with Gasteiger partial charge in [-0.15, -0.1) is 0 Å². The van der Waals surface area contributed by atoms with Gasteiger partial charge in [-0.05, 0) is 25.1 Å². The van der Waals surface area contributed by atoms with Crippen molar-refractivity contribution in [2.45, 2.75) is 26.4 Å². The lowest BCUT2D eigenvalue weighted by molar-refractivity contribution is 0.0826. The first-order chi connectivity index (χ1) is 9.65. The van der Waals surface area contributed by atoms with Crippen molar-refractivity contribution < 1.29 is 4.79 Å². The monoisotopic (exact) mass is 276 g/mol. The fourth-order valence-electron chi connectivity index (χ4n) is 2.88. The second-order valence-electron chi connectivity index (χ2n) is 5.34. The first kappa shape index (κ1) is 15.0. The van der Waals surface area contributed by atoms with Gasteiger partial charge in [-0.25, -0.2) is 5.84 Å². The van der Waals surface area contributed by atoms with E-state index in [-0.39, 0.29) is 5.91 Å². The third-order valence-corrected chi connectivity index (χ3v) is 4.04. The van der Waals surface area contributed by atoms with Crippen LogP contribution in [0.4, 0.5) is 0 Å². The Morgan fingerprint density at radius 2 is 2.15 bits per heavy atom. The van der Waals surface area contributed by atoms with Crippen LogP contribution in [0.1, 0.15) is 29.8 Å². The van der Waals surface area contributed by atoms with Crippen LogP contribution >= 0.6 is 0 Å². The highest BCUT2D eigenvalue weighted by Crippen LogP contribution is 2.15. The topological polar surface area (TPSA) is 61.6 Å². The van der Waals surface area contributed by atoms with E-state index in [0.29, 0.717) is 11.6 Å². The molecule has 1 saturated heterocycles. The standard InChI is InChI=1S/C15H24N4O/c1-3-19-9-8-18(10-12(19)2)11-13-6-4-5-7-14(13)15(20)17-16/h4-7,12H,3,8-11,16H2,1-2H3,(H,17,20). The summed E-state index contributed by atoms with van der Waals surface area (Å²) in [7, 11) is 0. The summed E-state index contributed by atoms with van der Waals surface area (Å²) >= 11 is 0. The molecule has 0 radical (unpaired) electrons. The quantitative estimate of drug-likeness (QED) is 0.485. The van der Waals surface area contributed by atoms with Gasteiger partial charge in [0.15, 0.2) is 0 Å². The number of nitrogens with two attached hydrogens (primary N) is 1. The summed E-state index contributed by atoms with van der Waals surface area (Å²) in [6.07, 6.45) is 0. The molecule has 1 heterocycles. The summed E-state index contributed by atoms with van der Waals surface area (Å²) in [4.78, 5) is 16.7. The minimum absolute atomic E-state index is 0.221. The van der Waals surface area contributed by atoms with Gasteiger partial charge in [0.2, 0.25) is 0 Å². The molecule has 0 aromatic heterocycles. The van der Waals surface area contributed by atoms with Gasteiger partial charge < -0.3 is 0 Å². The van der Waals surface area contributed by atoms with E-state index >= 15 is 0 Å². The Morgan fingerprint density at radius 1 is 1.40 bits per heavy atom. The first-order valence-electron chi connectivity index (χ1n) is 7.21. The number of nitrogen functional groups attached to an aromatic ring is 1. The molecule has 5 nitrogen and oxygen atoms in total. The van der Waals surface area contributed by atoms with Crippen molar-refractivity contribution in [3.63, 3.8) is 0 Å². The normalized spacial score (nSPS) is 20.9. The van der Waals surface area contributed by atoms with Crippen molar-refractivity contribution in [3.8, 4) is 0 Å². The molecule has 0 saturated carbocycles. The second-order valence-corrected chi connectivity index (χ2v) is 5.34. The Balaban J connectivity index is 2.06. The Kier molecular flexibility index (Phi) is 5.11. The minimum atomic E-state index is -0.221. The van der Waals surface area contributed by atoms with Gasteiger partial charge in [0.25, 0.3) is 5.91 Å². The van der Waals surface area contributed by atoms with Gasteiger partial charge in [-0.3, -0.25) is 20.0 Å². The minimum Gasteiger partial charge on any atom is -0.298 e. The van der Waals surface area contributed by atoms with E-state index in [9.17, 15) is 4.79 Å². The van der Waals surface area contributed by atoms with E-state index in [4.69, 9.17) is 5.84 Å². The number of carbonyl (C=O) groups is 1. The van der Waals surface area contributed by atoms with E-state index in [2.05, 4.69) is 29.1 Å². The number of hydrogen-bond acceptors (Lipinski definition) is 4. The van der Waals surface area contributed by atoms with E-state index in [1.807, 2.05) is 24.3 Å².